The summed E-state index contributed by atoms with van der Waals surface area (Å²) in [5.41, 5.74) is 5.74. The van der Waals surface area contributed by atoms with Crippen molar-refractivity contribution in [2.75, 3.05) is 51.3 Å². The minimum absolute atomic E-state index is 0.0441. The molecule has 0 aromatic heterocycles. The van der Waals surface area contributed by atoms with Crippen molar-refractivity contribution in [3.8, 4) is 5.75 Å². The molecule has 7 heteroatoms. The van der Waals surface area contributed by atoms with Gasteiger partial charge in [0.1, 0.15) is 11.2 Å². The molecule has 7 nitrogen and oxygen atoms in total. The first kappa shape index (κ1) is 19.1. The number of methoxy groups -OCH3 is 1. The monoisotopic (exact) mass is 386 g/mol. The van der Waals surface area contributed by atoms with Gasteiger partial charge in [-0.15, -0.1) is 0 Å². The van der Waals surface area contributed by atoms with Gasteiger partial charge < -0.3 is 20.3 Å². The van der Waals surface area contributed by atoms with Gasteiger partial charge in [0, 0.05) is 45.3 Å². The number of piperazine rings is 1. The first-order chi connectivity index (χ1) is 13.5. The summed E-state index contributed by atoms with van der Waals surface area (Å²) < 4.78 is 5.50. The molecular formula is C21H30N4O3. The number of rotatable bonds is 5. The van der Waals surface area contributed by atoms with E-state index in [0.717, 1.165) is 57.0 Å². The molecule has 1 aromatic rings. The van der Waals surface area contributed by atoms with Gasteiger partial charge in [-0.2, -0.15) is 0 Å². The van der Waals surface area contributed by atoms with Gasteiger partial charge in [0.2, 0.25) is 11.8 Å². The Morgan fingerprint density at radius 2 is 1.82 bits per heavy atom. The Morgan fingerprint density at radius 1 is 1.11 bits per heavy atom. The Hall–Kier alpha value is -2.28. The Bertz CT molecular complexity index is 741. The maximum atomic E-state index is 12.8. The van der Waals surface area contributed by atoms with E-state index in [9.17, 15) is 9.59 Å². The lowest BCUT2D eigenvalue weighted by molar-refractivity contribution is -0.144. The maximum Gasteiger partial charge on any atom is 0.238 e. The summed E-state index contributed by atoms with van der Waals surface area (Å²) in [7, 11) is 1.71. The number of benzene rings is 1. The summed E-state index contributed by atoms with van der Waals surface area (Å²) in [6.07, 6.45) is 3.31. The Kier molecular flexibility index (Phi) is 5.19. The second-order valence-corrected chi connectivity index (χ2v) is 8.19. The van der Waals surface area contributed by atoms with Crippen LogP contribution in [0.2, 0.25) is 0 Å². The molecule has 1 aromatic carbocycles. The summed E-state index contributed by atoms with van der Waals surface area (Å²) in [6.45, 7) is 5.26. The van der Waals surface area contributed by atoms with E-state index in [4.69, 9.17) is 10.5 Å². The van der Waals surface area contributed by atoms with Crippen LogP contribution in [0.15, 0.2) is 24.3 Å². The summed E-state index contributed by atoms with van der Waals surface area (Å²) >= 11 is 0. The number of nitrogens with zero attached hydrogens (tertiary/aromatic N) is 3. The smallest absolute Gasteiger partial charge is 0.238 e. The van der Waals surface area contributed by atoms with Gasteiger partial charge in [-0.3, -0.25) is 14.5 Å². The molecule has 3 fully saturated rings. The first-order valence-electron chi connectivity index (χ1n) is 10.3. The van der Waals surface area contributed by atoms with E-state index >= 15 is 0 Å². The molecular weight excluding hydrogens is 356 g/mol. The Labute approximate surface area is 166 Å². The number of hydrogen-bond acceptors (Lipinski definition) is 5. The van der Waals surface area contributed by atoms with E-state index in [-0.39, 0.29) is 5.91 Å². The van der Waals surface area contributed by atoms with Crippen LogP contribution in [-0.4, -0.2) is 74.0 Å². The number of piperidine rings is 1. The van der Waals surface area contributed by atoms with Crippen molar-refractivity contribution in [3.63, 3.8) is 0 Å². The molecule has 2 heterocycles. The van der Waals surface area contributed by atoms with Crippen LogP contribution in [0, 0.1) is 5.41 Å². The number of carbonyl (C=O) groups is 2. The van der Waals surface area contributed by atoms with E-state index in [1.807, 2.05) is 23.1 Å². The SMILES string of the molecule is COc1ccccc1N1CCN(C2CCCN(C(=O)C3(C(N)=O)CC3)C2)CC1. The van der Waals surface area contributed by atoms with Crippen molar-refractivity contribution in [2.45, 2.75) is 31.7 Å². The Morgan fingerprint density at radius 3 is 2.46 bits per heavy atom. The van der Waals surface area contributed by atoms with Crippen molar-refractivity contribution < 1.29 is 14.3 Å². The predicted octanol–water partition coefficient (Wildman–Crippen LogP) is 1.07. The van der Waals surface area contributed by atoms with Crippen molar-refractivity contribution in [3.05, 3.63) is 24.3 Å². The third kappa shape index (κ3) is 3.43. The number of likely N-dealkylation sites (tertiary alicyclic amines) is 1. The van der Waals surface area contributed by atoms with Gasteiger partial charge in [0.15, 0.2) is 0 Å². The highest BCUT2D eigenvalue weighted by Crippen LogP contribution is 2.47. The van der Waals surface area contributed by atoms with Crippen molar-refractivity contribution in [2.24, 2.45) is 11.1 Å². The normalized spacial score (nSPS) is 24.7. The van der Waals surface area contributed by atoms with Crippen LogP contribution in [0.3, 0.4) is 0 Å². The number of nitrogens with two attached hydrogens (primary N) is 1. The van der Waals surface area contributed by atoms with E-state index in [1.54, 1.807) is 7.11 Å². The van der Waals surface area contributed by atoms with Gasteiger partial charge in [-0.25, -0.2) is 0 Å². The second-order valence-electron chi connectivity index (χ2n) is 8.19. The number of ether oxygens (including phenoxy) is 1. The lowest BCUT2D eigenvalue weighted by Gasteiger charge is -2.44. The van der Waals surface area contributed by atoms with Crippen LogP contribution >= 0.6 is 0 Å². The van der Waals surface area contributed by atoms with E-state index in [2.05, 4.69) is 15.9 Å². The number of anilines is 1. The fourth-order valence-electron chi connectivity index (χ4n) is 4.65. The molecule has 3 aliphatic rings. The van der Waals surface area contributed by atoms with Crippen LogP contribution in [0.25, 0.3) is 0 Å². The summed E-state index contributed by atoms with van der Waals surface area (Å²) in [4.78, 5) is 31.3. The number of amides is 2. The average molecular weight is 386 g/mol. The molecule has 0 radical (unpaired) electrons. The minimum atomic E-state index is -0.898. The van der Waals surface area contributed by atoms with Crippen molar-refractivity contribution >= 4 is 17.5 Å². The van der Waals surface area contributed by atoms with Gasteiger partial charge in [0.25, 0.3) is 0 Å². The molecule has 1 saturated carbocycles. The molecule has 2 aliphatic heterocycles. The maximum absolute atomic E-state index is 12.8. The molecule has 0 spiro atoms. The van der Waals surface area contributed by atoms with Gasteiger partial charge in [0.05, 0.1) is 12.8 Å². The molecule has 2 saturated heterocycles. The first-order valence-corrected chi connectivity index (χ1v) is 10.3. The summed E-state index contributed by atoms with van der Waals surface area (Å²) in [6, 6.07) is 8.50. The number of carbonyl (C=O) groups excluding carboxylic acids is 2. The third-order valence-corrected chi connectivity index (χ3v) is 6.57. The number of primary amides is 1. The minimum Gasteiger partial charge on any atom is -0.495 e. The lowest BCUT2D eigenvalue weighted by atomic mass is 9.98. The van der Waals surface area contributed by atoms with Gasteiger partial charge in [-0.1, -0.05) is 12.1 Å². The van der Waals surface area contributed by atoms with Crippen LogP contribution in [-0.2, 0) is 9.59 Å². The molecule has 2 amide bonds. The highest BCUT2D eigenvalue weighted by molar-refractivity contribution is 6.07. The van der Waals surface area contributed by atoms with Crippen LogP contribution in [0.5, 0.6) is 5.75 Å². The molecule has 28 heavy (non-hydrogen) atoms. The highest BCUT2D eigenvalue weighted by atomic mass is 16.5. The van der Waals surface area contributed by atoms with E-state index in [0.29, 0.717) is 25.4 Å². The van der Waals surface area contributed by atoms with Crippen molar-refractivity contribution in [1.29, 1.82) is 0 Å². The van der Waals surface area contributed by atoms with Crippen LogP contribution < -0.4 is 15.4 Å². The zero-order chi connectivity index (χ0) is 19.7. The lowest BCUT2D eigenvalue weighted by Crippen LogP contribution is -2.57. The van der Waals surface area contributed by atoms with Crippen LogP contribution in [0.1, 0.15) is 25.7 Å². The second kappa shape index (κ2) is 7.62. The largest absolute Gasteiger partial charge is 0.495 e. The molecule has 152 valence electrons. The molecule has 0 bridgehead atoms. The quantitative estimate of drug-likeness (QED) is 0.766. The topological polar surface area (TPSA) is 79.1 Å². The van der Waals surface area contributed by atoms with Gasteiger partial charge >= 0.3 is 0 Å². The number of hydrogen-bond donors (Lipinski definition) is 1. The fourth-order valence-corrected chi connectivity index (χ4v) is 4.65. The zero-order valence-electron chi connectivity index (χ0n) is 16.6. The molecule has 1 aliphatic carbocycles. The third-order valence-electron chi connectivity index (χ3n) is 6.57. The van der Waals surface area contributed by atoms with E-state index < -0.39 is 11.3 Å². The standard InChI is InChI=1S/C21H30N4O3/c1-28-18-7-3-2-6-17(18)24-13-11-23(12-14-24)16-5-4-10-25(15-16)20(27)21(8-9-21)19(22)26/h2-3,6-7,16H,4-5,8-15H2,1H3,(H2,22,26). The van der Waals surface area contributed by atoms with E-state index in [1.165, 1.54) is 0 Å². The molecule has 2 N–H and O–H groups in total. The summed E-state index contributed by atoms with van der Waals surface area (Å²) in [5.74, 6) is 0.411. The van der Waals surface area contributed by atoms with Gasteiger partial charge in [-0.05, 0) is 37.8 Å². The molecule has 4 rings (SSSR count). The fraction of sp³-hybridized carbons (Fsp3) is 0.619. The highest BCUT2D eigenvalue weighted by Gasteiger charge is 2.57. The molecule has 1 atom stereocenters. The summed E-state index contributed by atoms with van der Waals surface area (Å²) in [5, 5.41) is 0. The van der Waals surface area contributed by atoms with Crippen molar-refractivity contribution in [1.82, 2.24) is 9.80 Å². The predicted molar refractivity (Wildman–Crippen MR) is 107 cm³/mol. The zero-order valence-corrected chi connectivity index (χ0v) is 16.6. The van der Waals surface area contributed by atoms with Crippen LogP contribution in [0.4, 0.5) is 5.69 Å². The average Bonchev–Trinajstić information content (AvgIpc) is 3.56. The number of para-hydroxylation sites is 2. The molecule has 1 unspecified atom stereocenters. The Balaban J connectivity index is 1.36.